The Hall–Kier alpha value is -1.35. The smallest absolute Gasteiger partial charge is 0.232 e. The van der Waals surface area contributed by atoms with Gasteiger partial charge in [0.1, 0.15) is 0 Å². The lowest BCUT2D eigenvalue weighted by atomic mass is 9.83. The Bertz CT molecular complexity index is 436. The summed E-state index contributed by atoms with van der Waals surface area (Å²) in [5.41, 5.74) is 0.622. The van der Waals surface area contributed by atoms with E-state index in [0.29, 0.717) is 5.92 Å². The fourth-order valence-corrected chi connectivity index (χ4v) is 3.01. The zero-order chi connectivity index (χ0) is 14.6. The normalized spacial score (nSPS) is 19.6. The number of benzene rings is 1. The van der Waals surface area contributed by atoms with E-state index in [1.807, 2.05) is 56.1 Å². The minimum atomic E-state index is -0.460. The molecule has 0 radical (unpaired) electrons. The second-order valence-electron chi connectivity index (χ2n) is 6.39. The zero-order valence-electron chi connectivity index (χ0n) is 12.9. The van der Waals surface area contributed by atoms with E-state index in [4.69, 9.17) is 0 Å². The molecule has 1 saturated heterocycles. The van der Waals surface area contributed by atoms with Crippen molar-refractivity contribution in [1.29, 1.82) is 0 Å². The SMILES string of the molecule is CN(CC1CCCNC1)C(=O)C(C)(C)c1ccccc1. The number of hydrogen-bond donors (Lipinski definition) is 1. The Labute approximate surface area is 122 Å². The van der Waals surface area contributed by atoms with Crippen LogP contribution in [0.2, 0.25) is 0 Å². The van der Waals surface area contributed by atoms with Crippen LogP contribution in [-0.4, -0.2) is 37.5 Å². The van der Waals surface area contributed by atoms with Crippen LogP contribution in [0, 0.1) is 5.92 Å². The Morgan fingerprint density at radius 2 is 2.05 bits per heavy atom. The van der Waals surface area contributed by atoms with Crippen molar-refractivity contribution in [3.63, 3.8) is 0 Å². The Morgan fingerprint density at radius 3 is 2.65 bits per heavy atom. The summed E-state index contributed by atoms with van der Waals surface area (Å²) < 4.78 is 0. The highest BCUT2D eigenvalue weighted by Gasteiger charge is 2.33. The topological polar surface area (TPSA) is 32.3 Å². The predicted molar refractivity (Wildman–Crippen MR) is 82.7 cm³/mol. The van der Waals surface area contributed by atoms with E-state index in [1.165, 1.54) is 12.8 Å². The molecule has 1 aromatic carbocycles. The van der Waals surface area contributed by atoms with Crippen molar-refractivity contribution >= 4 is 5.91 Å². The van der Waals surface area contributed by atoms with Gasteiger partial charge in [0.25, 0.3) is 0 Å². The summed E-state index contributed by atoms with van der Waals surface area (Å²) in [6.07, 6.45) is 2.44. The van der Waals surface area contributed by atoms with Crippen molar-refractivity contribution in [2.24, 2.45) is 5.92 Å². The van der Waals surface area contributed by atoms with Crippen LogP contribution < -0.4 is 5.32 Å². The van der Waals surface area contributed by atoms with Crippen molar-refractivity contribution in [2.75, 3.05) is 26.7 Å². The van der Waals surface area contributed by atoms with Crippen LogP contribution in [-0.2, 0) is 10.2 Å². The molecule has 0 bridgehead atoms. The van der Waals surface area contributed by atoms with Crippen LogP contribution in [0.15, 0.2) is 30.3 Å². The summed E-state index contributed by atoms with van der Waals surface area (Å²) >= 11 is 0. The van der Waals surface area contributed by atoms with E-state index in [2.05, 4.69) is 5.32 Å². The van der Waals surface area contributed by atoms with Gasteiger partial charge in [-0.15, -0.1) is 0 Å². The molecule has 1 heterocycles. The summed E-state index contributed by atoms with van der Waals surface area (Å²) in [4.78, 5) is 14.7. The van der Waals surface area contributed by atoms with Gasteiger partial charge in [0, 0.05) is 13.6 Å². The molecule has 1 N–H and O–H groups in total. The molecular formula is C17H26N2O. The van der Waals surface area contributed by atoms with Gasteiger partial charge in [0.05, 0.1) is 5.41 Å². The highest BCUT2D eigenvalue weighted by molar-refractivity contribution is 5.87. The molecule has 1 aliphatic heterocycles. The van der Waals surface area contributed by atoms with Crippen molar-refractivity contribution in [1.82, 2.24) is 10.2 Å². The van der Waals surface area contributed by atoms with Gasteiger partial charge in [-0.05, 0) is 51.3 Å². The minimum absolute atomic E-state index is 0.203. The van der Waals surface area contributed by atoms with Gasteiger partial charge in [-0.3, -0.25) is 4.79 Å². The maximum absolute atomic E-state index is 12.7. The molecule has 2 rings (SSSR count). The number of hydrogen-bond acceptors (Lipinski definition) is 2. The molecule has 0 spiro atoms. The van der Waals surface area contributed by atoms with Crippen LogP contribution >= 0.6 is 0 Å². The molecule has 1 amide bonds. The summed E-state index contributed by atoms with van der Waals surface area (Å²) in [5, 5.41) is 3.41. The van der Waals surface area contributed by atoms with Crippen LogP contribution in [0.5, 0.6) is 0 Å². The number of carbonyl (C=O) groups excluding carboxylic acids is 1. The van der Waals surface area contributed by atoms with E-state index in [9.17, 15) is 4.79 Å². The van der Waals surface area contributed by atoms with E-state index < -0.39 is 5.41 Å². The van der Waals surface area contributed by atoms with Crippen molar-refractivity contribution in [3.8, 4) is 0 Å². The number of amides is 1. The number of nitrogens with zero attached hydrogens (tertiary/aromatic N) is 1. The first-order chi connectivity index (χ1) is 9.51. The summed E-state index contributed by atoms with van der Waals surface area (Å²) in [7, 11) is 1.93. The Kier molecular flexibility index (Phi) is 4.81. The predicted octanol–water partition coefficient (Wildman–Crippen LogP) is 2.42. The molecule has 20 heavy (non-hydrogen) atoms. The highest BCUT2D eigenvalue weighted by atomic mass is 16.2. The van der Waals surface area contributed by atoms with Crippen LogP contribution in [0.4, 0.5) is 0 Å². The lowest BCUT2D eigenvalue weighted by Crippen LogP contribution is -2.45. The van der Waals surface area contributed by atoms with Crippen LogP contribution in [0.3, 0.4) is 0 Å². The Morgan fingerprint density at radius 1 is 1.35 bits per heavy atom. The number of rotatable bonds is 4. The fourth-order valence-electron chi connectivity index (χ4n) is 3.01. The summed E-state index contributed by atoms with van der Waals surface area (Å²) in [6.45, 7) is 7.02. The molecule has 1 atom stereocenters. The first-order valence-electron chi connectivity index (χ1n) is 7.53. The fraction of sp³-hybridized carbons (Fsp3) is 0.588. The van der Waals surface area contributed by atoms with Gasteiger partial charge in [-0.25, -0.2) is 0 Å². The van der Waals surface area contributed by atoms with Gasteiger partial charge in [0.15, 0.2) is 0 Å². The quantitative estimate of drug-likeness (QED) is 0.914. The third-order valence-corrected chi connectivity index (χ3v) is 4.31. The zero-order valence-corrected chi connectivity index (χ0v) is 12.9. The number of carbonyl (C=O) groups is 1. The molecule has 0 aliphatic carbocycles. The van der Waals surface area contributed by atoms with Crippen molar-refractivity contribution in [2.45, 2.75) is 32.1 Å². The summed E-state index contributed by atoms with van der Waals surface area (Å²) in [6, 6.07) is 10.0. The van der Waals surface area contributed by atoms with Gasteiger partial charge >= 0.3 is 0 Å². The third-order valence-electron chi connectivity index (χ3n) is 4.31. The number of likely N-dealkylation sites (N-methyl/N-ethyl adjacent to an activating group) is 1. The second-order valence-corrected chi connectivity index (χ2v) is 6.39. The average Bonchev–Trinajstić information content (AvgIpc) is 2.48. The number of piperidine rings is 1. The molecule has 3 heteroatoms. The first-order valence-corrected chi connectivity index (χ1v) is 7.53. The lowest BCUT2D eigenvalue weighted by molar-refractivity contribution is -0.135. The van der Waals surface area contributed by atoms with Gasteiger partial charge in [-0.1, -0.05) is 30.3 Å². The van der Waals surface area contributed by atoms with E-state index in [1.54, 1.807) is 0 Å². The van der Waals surface area contributed by atoms with Crippen LogP contribution in [0.1, 0.15) is 32.3 Å². The van der Waals surface area contributed by atoms with Crippen molar-refractivity contribution < 1.29 is 4.79 Å². The second kappa shape index (κ2) is 6.40. The maximum Gasteiger partial charge on any atom is 0.232 e. The highest BCUT2D eigenvalue weighted by Crippen LogP contribution is 2.25. The molecule has 0 aromatic heterocycles. The van der Waals surface area contributed by atoms with Gasteiger partial charge in [0.2, 0.25) is 5.91 Å². The van der Waals surface area contributed by atoms with Gasteiger partial charge < -0.3 is 10.2 Å². The first kappa shape index (κ1) is 15.0. The molecule has 110 valence electrons. The molecule has 3 nitrogen and oxygen atoms in total. The molecule has 1 aromatic rings. The average molecular weight is 274 g/mol. The molecular weight excluding hydrogens is 248 g/mol. The van der Waals surface area contributed by atoms with E-state index in [0.717, 1.165) is 25.2 Å². The largest absolute Gasteiger partial charge is 0.345 e. The lowest BCUT2D eigenvalue weighted by Gasteiger charge is -2.33. The van der Waals surface area contributed by atoms with Gasteiger partial charge in [-0.2, -0.15) is 0 Å². The standard InChI is InChI=1S/C17H26N2O/c1-17(2,15-9-5-4-6-10-15)16(20)19(3)13-14-8-7-11-18-12-14/h4-6,9-10,14,18H,7-8,11-13H2,1-3H3. The Balaban J connectivity index is 2.01. The maximum atomic E-state index is 12.7. The van der Waals surface area contributed by atoms with E-state index in [-0.39, 0.29) is 5.91 Å². The van der Waals surface area contributed by atoms with Crippen molar-refractivity contribution in [3.05, 3.63) is 35.9 Å². The summed E-state index contributed by atoms with van der Waals surface area (Å²) in [5.74, 6) is 0.790. The number of nitrogens with one attached hydrogen (secondary N) is 1. The molecule has 1 unspecified atom stereocenters. The monoisotopic (exact) mass is 274 g/mol. The minimum Gasteiger partial charge on any atom is -0.345 e. The molecule has 1 aliphatic rings. The third kappa shape index (κ3) is 3.40. The van der Waals surface area contributed by atoms with E-state index >= 15 is 0 Å². The molecule has 1 fully saturated rings. The molecule has 0 saturated carbocycles. The van der Waals surface area contributed by atoms with Crippen LogP contribution in [0.25, 0.3) is 0 Å².